The van der Waals surface area contributed by atoms with Crippen molar-refractivity contribution in [3.8, 4) is 6.07 Å². The molecule has 2 rings (SSSR count). The van der Waals surface area contributed by atoms with E-state index in [9.17, 15) is 0 Å². The topological polar surface area (TPSA) is 28.7 Å². The SMILES string of the molecule is Cc1c(C)n(C)c2cc(C#N)ccc12. The lowest BCUT2D eigenvalue weighted by Gasteiger charge is -1.98. The van der Waals surface area contributed by atoms with Gasteiger partial charge in [-0.25, -0.2) is 0 Å². The maximum Gasteiger partial charge on any atom is 0.0992 e. The van der Waals surface area contributed by atoms with Gasteiger partial charge in [0.25, 0.3) is 0 Å². The third-order valence-corrected chi connectivity index (χ3v) is 2.94. The molecular formula is C12H12N2. The lowest BCUT2D eigenvalue weighted by Crippen LogP contribution is -1.90. The highest BCUT2D eigenvalue weighted by atomic mass is 14.9. The molecule has 0 radical (unpaired) electrons. The van der Waals surface area contributed by atoms with Crippen molar-refractivity contribution in [2.75, 3.05) is 0 Å². The van der Waals surface area contributed by atoms with Crippen molar-refractivity contribution in [2.24, 2.45) is 7.05 Å². The standard InChI is InChI=1S/C12H12N2/c1-8-9(2)14(3)12-6-10(7-13)4-5-11(8)12/h4-6H,1-3H3. The Balaban J connectivity index is 2.91. The number of nitriles is 1. The molecule has 14 heavy (non-hydrogen) atoms. The molecule has 0 saturated heterocycles. The van der Waals surface area contributed by atoms with Crippen molar-refractivity contribution < 1.29 is 0 Å². The predicted molar refractivity (Wildman–Crippen MR) is 57.1 cm³/mol. The zero-order chi connectivity index (χ0) is 10.3. The van der Waals surface area contributed by atoms with Gasteiger partial charge in [0.15, 0.2) is 0 Å². The average Bonchev–Trinajstić information content (AvgIpc) is 2.44. The first kappa shape index (κ1) is 8.83. The molecule has 0 bridgehead atoms. The van der Waals surface area contributed by atoms with Crippen LogP contribution in [0, 0.1) is 25.2 Å². The number of aromatic nitrogens is 1. The molecule has 0 aliphatic carbocycles. The summed E-state index contributed by atoms with van der Waals surface area (Å²) < 4.78 is 2.13. The number of benzene rings is 1. The van der Waals surface area contributed by atoms with Crippen LogP contribution in [-0.2, 0) is 7.05 Å². The molecule has 0 saturated carbocycles. The maximum atomic E-state index is 8.80. The third-order valence-electron chi connectivity index (χ3n) is 2.94. The Morgan fingerprint density at radius 3 is 2.64 bits per heavy atom. The summed E-state index contributed by atoms with van der Waals surface area (Å²) in [5.74, 6) is 0. The summed E-state index contributed by atoms with van der Waals surface area (Å²) in [6, 6.07) is 8.00. The Morgan fingerprint density at radius 2 is 2.00 bits per heavy atom. The summed E-state index contributed by atoms with van der Waals surface area (Å²) in [7, 11) is 2.03. The first-order valence-corrected chi connectivity index (χ1v) is 4.61. The van der Waals surface area contributed by atoms with Crippen molar-refractivity contribution in [2.45, 2.75) is 13.8 Å². The van der Waals surface area contributed by atoms with Gasteiger partial charge in [-0.1, -0.05) is 6.07 Å². The van der Waals surface area contributed by atoms with Crippen LogP contribution in [0.3, 0.4) is 0 Å². The maximum absolute atomic E-state index is 8.80. The predicted octanol–water partition coefficient (Wildman–Crippen LogP) is 2.67. The van der Waals surface area contributed by atoms with E-state index in [1.807, 2.05) is 25.2 Å². The van der Waals surface area contributed by atoms with Crippen LogP contribution >= 0.6 is 0 Å². The molecule has 2 aromatic rings. The van der Waals surface area contributed by atoms with Crippen LogP contribution in [-0.4, -0.2) is 4.57 Å². The van der Waals surface area contributed by atoms with Gasteiger partial charge in [-0.3, -0.25) is 0 Å². The van der Waals surface area contributed by atoms with Crippen molar-refractivity contribution in [3.63, 3.8) is 0 Å². The lowest BCUT2D eigenvalue weighted by molar-refractivity contribution is 0.910. The molecule has 2 heteroatoms. The van der Waals surface area contributed by atoms with E-state index in [0.29, 0.717) is 0 Å². The molecule has 1 aromatic carbocycles. The van der Waals surface area contributed by atoms with Crippen LogP contribution in [0.2, 0.25) is 0 Å². The summed E-state index contributed by atoms with van der Waals surface area (Å²) in [4.78, 5) is 0. The molecule has 0 amide bonds. The second kappa shape index (κ2) is 2.88. The van der Waals surface area contributed by atoms with Crippen LogP contribution in [0.4, 0.5) is 0 Å². The van der Waals surface area contributed by atoms with E-state index in [1.165, 1.54) is 16.6 Å². The molecule has 0 unspecified atom stereocenters. The van der Waals surface area contributed by atoms with Gasteiger partial charge in [0.05, 0.1) is 11.6 Å². The molecular weight excluding hydrogens is 172 g/mol. The van der Waals surface area contributed by atoms with Gasteiger partial charge in [-0.15, -0.1) is 0 Å². The fourth-order valence-corrected chi connectivity index (χ4v) is 1.82. The highest BCUT2D eigenvalue weighted by Gasteiger charge is 2.07. The van der Waals surface area contributed by atoms with Crippen LogP contribution in [0.25, 0.3) is 10.9 Å². The Kier molecular flexibility index (Phi) is 1.82. The summed E-state index contributed by atoms with van der Waals surface area (Å²) in [6.45, 7) is 4.21. The van der Waals surface area contributed by atoms with Gasteiger partial charge >= 0.3 is 0 Å². The third kappa shape index (κ3) is 1.03. The van der Waals surface area contributed by atoms with Gasteiger partial charge in [-0.05, 0) is 31.5 Å². The highest BCUT2D eigenvalue weighted by molar-refractivity contribution is 5.86. The minimum atomic E-state index is 0.720. The first-order chi connectivity index (χ1) is 6.65. The van der Waals surface area contributed by atoms with E-state index in [2.05, 4.69) is 24.5 Å². The Morgan fingerprint density at radius 1 is 1.29 bits per heavy atom. The van der Waals surface area contributed by atoms with E-state index < -0.39 is 0 Å². The van der Waals surface area contributed by atoms with Crippen molar-refractivity contribution in [1.82, 2.24) is 4.57 Å². The Bertz CT molecular complexity index is 541. The van der Waals surface area contributed by atoms with Gasteiger partial charge in [0, 0.05) is 23.6 Å². The van der Waals surface area contributed by atoms with Crippen LogP contribution < -0.4 is 0 Å². The molecule has 0 atom stereocenters. The molecule has 2 nitrogen and oxygen atoms in total. The Hall–Kier alpha value is -1.75. The highest BCUT2D eigenvalue weighted by Crippen LogP contribution is 2.24. The number of rotatable bonds is 0. The number of nitrogens with zero attached hydrogens (tertiary/aromatic N) is 2. The second-order valence-corrected chi connectivity index (χ2v) is 3.61. The minimum Gasteiger partial charge on any atom is -0.348 e. The number of hydrogen-bond donors (Lipinski definition) is 0. The molecule has 0 fully saturated rings. The molecule has 0 aliphatic rings. The fraction of sp³-hybridized carbons (Fsp3) is 0.250. The largest absolute Gasteiger partial charge is 0.348 e. The van der Waals surface area contributed by atoms with Crippen LogP contribution in [0.5, 0.6) is 0 Å². The first-order valence-electron chi connectivity index (χ1n) is 4.61. The van der Waals surface area contributed by atoms with E-state index >= 15 is 0 Å². The van der Waals surface area contributed by atoms with Crippen molar-refractivity contribution in [1.29, 1.82) is 5.26 Å². The number of fused-ring (bicyclic) bond motifs is 1. The van der Waals surface area contributed by atoms with Gasteiger partial charge in [0.2, 0.25) is 0 Å². The van der Waals surface area contributed by atoms with Crippen LogP contribution in [0.15, 0.2) is 18.2 Å². The minimum absolute atomic E-state index is 0.720. The van der Waals surface area contributed by atoms with E-state index in [-0.39, 0.29) is 0 Å². The smallest absolute Gasteiger partial charge is 0.0992 e. The summed E-state index contributed by atoms with van der Waals surface area (Å²) in [5.41, 5.74) is 4.42. The molecule has 1 heterocycles. The summed E-state index contributed by atoms with van der Waals surface area (Å²) >= 11 is 0. The van der Waals surface area contributed by atoms with Crippen molar-refractivity contribution in [3.05, 3.63) is 35.0 Å². The van der Waals surface area contributed by atoms with E-state index in [4.69, 9.17) is 5.26 Å². The Labute approximate surface area is 83.4 Å². The zero-order valence-electron chi connectivity index (χ0n) is 8.63. The molecule has 0 N–H and O–H groups in total. The van der Waals surface area contributed by atoms with Crippen molar-refractivity contribution >= 4 is 10.9 Å². The summed E-state index contributed by atoms with van der Waals surface area (Å²) in [5, 5.41) is 10.0. The van der Waals surface area contributed by atoms with Crippen LogP contribution in [0.1, 0.15) is 16.8 Å². The lowest BCUT2D eigenvalue weighted by atomic mass is 10.1. The molecule has 0 spiro atoms. The normalized spacial score (nSPS) is 10.4. The second-order valence-electron chi connectivity index (χ2n) is 3.61. The zero-order valence-corrected chi connectivity index (χ0v) is 8.63. The molecule has 1 aromatic heterocycles. The average molecular weight is 184 g/mol. The molecule has 0 aliphatic heterocycles. The quantitative estimate of drug-likeness (QED) is 0.618. The monoisotopic (exact) mass is 184 g/mol. The number of hydrogen-bond acceptors (Lipinski definition) is 1. The fourth-order valence-electron chi connectivity index (χ4n) is 1.82. The van der Waals surface area contributed by atoms with Gasteiger partial charge < -0.3 is 4.57 Å². The van der Waals surface area contributed by atoms with Gasteiger partial charge in [-0.2, -0.15) is 5.26 Å². The van der Waals surface area contributed by atoms with E-state index in [0.717, 1.165) is 11.1 Å². The summed E-state index contributed by atoms with van der Waals surface area (Å²) in [6.07, 6.45) is 0. The molecule has 70 valence electrons. The van der Waals surface area contributed by atoms with E-state index in [1.54, 1.807) is 0 Å². The number of aryl methyl sites for hydroxylation is 2. The van der Waals surface area contributed by atoms with Gasteiger partial charge in [0.1, 0.15) is 0 Å².